The van der Waals surface area contributed by atoms with Crippen molar-refractivity contribution in [1.29, 1.82) is 0 Å². The number of thiocarbonyl (C=S) groups is 1. The highest BCUT2D eigenvalue weighted by Crippen LogP contribution is 2.38. The molecule has 0 bridgehead atoms. The first-order valence-electron chi connectivity index (χ1n) is 8.49. The molecule has 0 spiro atoms. The quantitative estimate of drug-likeness (QED) is 0.349. The summed E-state index contributed by atoms with van der Waals surface area (Å²) in [6.45, 7) is -0.506. The van der Waals surface area contributed by atoms with E-state index in [9.17, 15) is 18.0 Å². The van der Waals surface area contributed by atoms with Gasteiger partial charge in [0.25, 0.3) is 16.0 Å². The van der Waals surface area contributed by atoms with Crippen LogP contribution in [0.25, 0.3) is 0 Å². The van der Waals surface area contributed by atoms with Gasteiger partial charge < -0.3 is 14.7 Å². The number of carbonyl (C=O) groups is 2. The van der Waals surface area contributed by atoms with Gasteiger partial charge >= 0.3 is 5.97 Å². The largest absolute Gasteiger partial charge is 0.480 e. The summed E-state index contributed by atoms with van der Waals surface area (Å²) < 4.78 is 37.2. The number of benzene rings is 1. The minimum Gasteiger partial charge on any atom is -0.480 e. The summed E-state index contributed by atoms with van der Waals surface area (Å²) in [5, 5.41) is 8.85. The van der Waals surface area contributed by atoms with Crippen LogP contribution in [0.1, 0.15) is 0 Å². The van der Waals surface area contributed by atoms with Gasteiger partial charge in [0.1, 0.15) is 10.9 Å². The van der Waals surface area contributed by atoms with Crippen LogP contribution < -0.4 is 9.64 Å². The average molecular weight is 469 g/mol. The van der Waals surface area contributed by atoms with Crippen LogP contribution >= 0.6 is 24.0 Å². The van der Waals surface area contributed by atoms with Crippen molar-refractivity contribution >= 4 is 56.0 Å². The number of aliphatic carboxylic acids is 1. The molecule has 0 aliphatic carbocycles. The normalized spacial score (nSPS) is 19.2. The number of amides is 1. The summed E-state index contributed by atoms with van der Waals surface area (Å²) >= 11 is 6.03. The van der Waals surface area contributed by atoms with Gasteiger partial charge in [0.2, 0.25) is 5.88 Å². The highest BCUT2D eigenvalue weighted by Gasteiger charge is 2.33. The van der Waals surface area contributed by atoms with E-state index in [-0.39, 0.29) is 15.8 Å². The number of thioether (sulfide) groups is 1. The van der Waals surface area contributed by atoms with E-state index in [1.807, 2.05) is 0 Å². The fourth-order valence-electron chi connectivity index (χ4n) is 2.68. The van der Waals surface area contributed by atoms with Gasteiger partial charge in [0.05, 0.1) is 16.3 Å². The van der Waals surface area contributed by atoms with E-state index in [2.05, 4.69) is 0 Å². The Morgan fingerprint density at radius 1 is 1.20 bits per heavy atom. The zero-order valence-electron chi connectivity index (χ0n) is 15.3. The number of rotatable bonds is 7. The Kier molecular flexibility index (Phi) is 6.61. The van der Waals surface area contributed by atoms with Gasteiger partial charge in [-0.15, -0.1) is 0 Å². The highest BCUT2D eigenvalue weighted by atomic mass is 32.2. The van der Waals surface area contributed by atoms with Crippen LogP contribution in [-0.4, -0.2) is 58.0 Å². The lowest BCUT2D eigenvalue weighted by atomic mass is 10.3. The predicted molar refractivity (Wildman–Crippen MR) is 116 cm³/mol. The molecule has 0 unspecified atom stereocenters. The second-order valence-electron chi connectivity index (χ2n) is 6.08. The molecule has 0 radical (unpaired) electrons. The zero-order chi connectivity index (χ0) is 21.9. The number of carbonyl (C=O) groups excluding carboxylic acids is 1. The van der Waals surface area contributed by atoms with Crippen LogP contribution in [0.15, 0.2) is 59.4 Å². The van der Waals surface area contributed by atoms with E-state index in [4.69, 9.17) is 26.6 Å². The maximum Gasteiger partial charge on any atom is 0.323 e. The Morgan fingerprint density at radius 3 is 2.60 bits per heavy atom. The third-order valence-electron chi connectivity index (χ3n) is 3.97. The maximum absolute atomic E-state index is 12.2. The van der Waals surface area contributed by atoms with Crippen molar-refractivity contribution in [1.82, 2.24) is 4.90 Å². The monoisotopic (exact) mass is 468 g/mol. The number of ether oxygens (including phenoxy) is 1. The van der Waals surface area contributed by atoms with Gasteiger partial charge in [-0.05, 0) is 24.3 Å². The molecule has 158 valence electrons. The molecule has 1 amide bonds. The lowest BCUT2D eigenvalue weighted by molar-refractivity contribution is -0.140. The van der Waals surface area contributed by atoms with Crippen LogP contribution in [0.3, 0.4) is 0 Å². The van der Waals surface area contributed by atoms with Gasteiger partial charge in [0.15, 0.2) is 5.75 Å². The fourth-order valence-corrected chi connectivity index (χ4v) is 4.30. The fraction of sp³-hybridized carbons (Fsp3) is 0.167. The summed E-state index contributed by atoms with van der Waals surface area (Å²) in [7, 11) is -4.15. The predicted octanol–water partition coefficient (Wildman–Crippen LogP) is 2.00. The maximum atomic E-state index is 12.2. The molecule has 3 rings (SSSR count). The van der Waals surface area contributed by atoms with Crippen LogP contribution in [0, 0.1) is 0 Å². The topological polar surface area (TPSA) is 124 Å². The molecule has 30 heavy (non-hydrogen) atoms. The first-order valence-corrected chi connectivity index (χ1v) is 11.3. The number of anilines is 1. The van der Waals surface area contributed by atoms with E-state index in [1.165, 1.54) is 6.08 Å². The van der Waals surface area contributed by atoms with Gasteiger partial charge in [0, 0.05) is 6.54 Å². The summed E-state index contributed by atoms with van der Waals surface area (Å²) in [5.74, 6) is -1.22. The minimum absolute atomic E-state index is 0.0105. The Hall–Kier alpha value is -2.67. The molecule has 1 aromatic carbocycles. The standard InChI is InChI=1S/C18H16N2O7S3/c21-16(22)11-20-17(23)14(29-18(20)28)7-3-4-8-15-19(9-10-30(24,25)26)12-5-1-2-6-13(12)27-15/h1-8H,9-11H2,(H,21,22)(H,24,25,26). The first-order chi connectivity index (χ1) is 14.2. The third-order valence-corrected chi connectivity index (χ3v) is 6.07. The van der Waals surface area contributed by atoms with Crippen molar-refractivity contribution in [3.05, 3.63) is 59.4 Å². The smallest absolute Gasteiger partial charge is 0.323 e. The summed E-state index contributed by atoms with van der Waals surface area (Å²) in [5.41, 5.74) is 0.662. The van der Waals surface area contributed by atoms with E-state index >= 15 is 0 Å². The molecular weight excluding hydrogens is 452 g/mol. The highest BCUT2D eigenvalue weighted by molar-refractivity contribution is 8.26. The molecule has 2 heterocycles. The Balaban J connectivity index is 1.75. The lowest BCUT2D eigenvalue weighted by Gasteiger charge is -2.16. The van der Waals surface area contributed by atoms with Crippen LogP contribution in [0.4, 0.5) is 5.69 Å². The van der Waals surface area contributed by atoms with Gasteiger partial charge in [-0.3, -0.25) is 19.0 Å². The van der Waals surface area contributed by atoms with Gasteiger partial charge in [-0.2, -0.15) is 8.42 Å². The number of carboxylic acid groups (broad SMARTS) is 1. The molecule has 9 nitrogen and oxygen atoms in total. The van der Waals surface area contributed by atoms with E-state index in [1.54, 1.807) is 47.4 Å². The number of para-hydroxylation sites is 2. The third kappa shape index (κ3) is 5.27. The molecule has 12 heteroatoms. The van der Waals surface area contributed by atoms with Crippen molar-refractivity contribution in [2.24, 2.45) is 0 Å². The van der Waals surface area contributed by atoms with Crippen molar-refractivity contribution in [2.75, 3.05) is 23.7 Å². The molecular formula is C18H16N2O7S3. The molecule has 0 saturated carbocycles. The Bertz CT molecular complexity index is 1090. The van der Waals surface area contributed by atoms with Crippen LogP contribution in [0.2, 0.25) is 0 Å². The number of fused-ring (bicyclic) bond motifs is 1. The van der Waals surface area contributed by atoms with Gasteiger partial charge in [-0.25, -0.2) is 0 Å². The van der Waals surface area contributed by atoms with Crippen LogP contribution in [-0.2, 0) is 19.7 Å². The summed E-state index contributed by atoms with van der Waals surface area (Å²) in [6.07, 6.45) is 6.24. The SMILES string of the molecule is O=C(O)CN1C(=O)C(=CC=CC=C2Oc3ccccc3N2CCS(=O)(=O)O)SC1=S. The second kappa shape index (κ2) is 9.00. The number of hydrogen-bond acceptors (Lipinski definition) is 8. The molecule has 2 aliphatic rings. The number of allylic oxidation sites excluding steroid dienone is 4. The van der Waals surface area contributed by atoms with Gasteiger partial charge in [-0.1, -0.05) is 48.3 Å². The zero-order valence-corrected chi connectivity index (χ0v) is 17.7. The number of carboxylic acids is 1. The summed E-state index contributed by atoms with van der Waals surface area (Å²) in [4.78, 5) is 25.9. The van der Waals surface area contributed by atoms with E-state index < -0.39 is 34.3 Å². The molecule has 0 aromatic heterocycles. The molecule has 1 saturated heterocycles. The Labute approximate surface area is 182 Å². The minimum atomic E-state index is -4.15. The number of nitrogens with zero attached hydrogens (tertiary/aromatic N) is 2. The average Bonchev–Trinajstić information content (AvgIpc) is 3.14. The van der Waals surface area contributed by atoms with Crippen molar-refractivity contribution in [3.8, 4) is 5.75 Å². The van der Waals surface area contributed by atoms with Crippen molar-refractivity contribution in [3.63, 3.8) is 0 Å². The summed E-state index contributed by atoms with van der Waals surface area (Å²) in [6, 6.07) is 7.05. The molecule has 1 aromatic rings. The van der Waals surface area contributed by atoms with E-state index in [0.717, 1.165) is 16.7 Å². The number of hydrogen-bond donors (Lipinski definition) is 2. The van der Waals surface area contributed by atoms with Crippen molar-refractivity contribution < 1.29 is 32.4 Å². The first kappa shape index (κ1) is 22.0. The van der Waals surface area contributed by atoms with Crippen molar-refractivity contribution in [2.45, 2.75) is 0 Å². The lowest BCUT2D eigenvalue weighted by Crippen LogP contribution is -2.33. The molecule has 2 aliphatic heterocycles. The van der Waals surface area contributed by atoms with E-state index in [0.29, 0.717) is 17.3 Å². The molecule has 0 atom stereocenters. The second-order valence-corrected chi connectivity index (χ2v) is 9.33. The molecule has 2 N–H and O–H groups in total. The Morgan fingerprint density at radius 2 is 1.90 bits per heavy atom. The van der Waals surface area contributed by atoms with Crippen LogP contribution in [0.5, 0.6) is 5.75 Å². The molecule has 1 fully saturated rings.